The first-order valence-corrected chi connectivity index (χ1v) is 7.51. The van der Waals surface area contributed by atoms with Gasteiger partial charge in [0.1, 0.15) is 18.4 Å². The third-order valence-electron chi connectivity index (χ3n) is 3.17. The highest BCUT2D eigenvalue weighted by molar-refractivity contribution is 6.42. The smallest absolute Gasteiger partial charge is 0.287 e. The van der Waals surface area contributed by atoms with E-state index in [1.807, 2.05) is 19.0 Å². The molecule has 1 aromatic heterocycles. The van der Waals surface area contributed by atoms with Crippen molar-refractivity contribution in [1.82, 2.24) is 10.9 Å². The second-order valence-corrected chi connectivity index (χ2v) is 5.60. The number of hydrogen-bond donors (Lipinski definition) is 2. The predicted octanol–water partition coefficient (Wildman–Crippen LogP) is 2.22. The van der Waals surface area contributed by atoms with E-state index in [1.165, 1.54) is 7.41 Å². The van der Waals surface area contributed by atoms with Crippen LogP contribution in [-0.2, 0) is 0 Å². The fourth-order valence-corrected chi connectivity index (χ4v) is 2.16. The van der Waals surface area contributed by atoms with Gasteiger partial charge in [-0.25, -0.2) is 10.7 Å². The minimum atomic E-state index is -0.277. The molecule has 2 rings (SSSR count). The van der Waals surface area contributed by atoms with Gasteiger partial charge in [0, 0.05) is 18.2 Å². The van der Waals surface area contributed by atoms with Gasteiger partial charge in [-0.05, 0) is 24.6 Å². The van der Waals surface area contributed by atoms with Crippen LogP contribution in [-0.4, -0.2) is 13.3 Å². The van der Waals surface area contributed by atoms with Gasteiger partial charge in [0.15, 0.2) is 0 Å². The van der Waals surface area contributed by atoms with Crippen LogP contribution in [0.3, 0.4) is 0 Å². The number of carbonyl (C=O) groups is 1. The average molecular weight is 347 g/mol. The highest BCUT2D eigenvalue weighted by Gasteiger charge is 2.12. The maximum absolute atomic E-state index is 12.1. The first kappa shape index (κ1) is 17.3. The van der Waals surface area contributed by atoms with Gasteiger partial charge in [-0.15, -0.1) is 0 Å². The maximum atomic E-state index is 12.1. The zero-order valence-corrected chi connectivity index (χ0v) is 13.8. The lowest BCUT2D eigenvalue weighted by molar-refractivity contribution is -0.527. The number of nitrogens with zero attached hydrogens (tertiary/aromatic N) is 2. The molecule has 1 atom stereocenters. The van der Waals surface area contributed by atoms with E-state index in [0.717, 1.165) is 5.56 Å². The van der Waals surface area contributed by atoms with Crippen molar-refractivity contribution >= 4 is 36.5 Å². The molecule has 2 N–H and O–H groups in total. The summed E-state index contributed by atoms with van der Waals surface area (Å²) in [6, 6.07) is 8.39. The molecule has 23 heavy (non-hydrogen) atoms. The zero-order chi connectivity index (χ0) is 16.8. The Morgan fingerprint density at radius 3 is 2.57 bits per heavy atom. The molecule has 5 nitrogen and oxygen atoms in total. The van der Waals surface area contributed by atoms with Crippen molar-refractivity contribution in [2.24, 2.45) is 0 Å². The fourth-order valence-electron chi connectivity index (χ4n) is 1.85. The largest absolute Gasteiger partial charge is 0.671 e. The summed E-state index contributed by atoms with van der Waals surface area (Å²) >= 11 is 11.9. The molecule has 0 saturated carbocycles. The SMILES string of the molecule is CC(NNC(=O)c1cc[n+]([B]C#N)cc1)c1ccc(Cl)c(Cl)c1. The Kier molecular flexibility index (Phi) is 6.00. The van der Waals surface area contributed by atoms with Crippen molar-refractivity contribution < 1.29 is 9.27 Å². The summed E-state index contributed by atoms with van der Waals surface area (Å²) in [7, 11) is 1.33. The van der Waals surface area contributed by atoms with Crippen molar-refractivity contribution in [3.05, 3.63) is 63.9 Å². The molecule has 1 heterocycles. The third kappa shape index (κ3) is 4.70. The number of pyridine rings is 1. The number of halogens is 2. The molecule has 1 radical (unpaired) electrons. The van der Waals surface area contributed by atoms with E-state index in [0.29, 0.717) is 15.6 Å². The van der Waals surface area contributed by atoms with E-state index < -0.39 is 0 Å². The second-order valence-electron chi connectivity index (χ2n) is 4.79. The Bertz CT molecular complexity index is 746. The summed E-state index contributed by atoms with van der Waals surface area (Å²) in [6.45, 7) is 1.89. The molecule has 1 amide bonds. The molecule has 1 aromatic carbocycles. The lowest BCUT2D eigenvalue weighted by Crippen LogP contribution is -2.41. The molecule has 8 heteroatoms. The van der Waals surface area contributed by atoms with Crippen LogP contribution in [0.25, 0.3) is 0 Å². The monoisotopic (exact) mass is 346 g/mol. The topological polar surface area (TPSA) is 68.8 Å². The maximum Gasteiger partial charge on any atom is 0.671 e. The van der Waals surface area contributed by atoms with Crippen LogP contribution in [0.4, 0.5) is 0 Å². The van der Waals surface area contributed by atoms with Crippen LogP contribution in [0, 0.1) is 11.2 Å². The molecule has 0 bridgehead atoms. The van der Waals surface area contributed by atoms with E-state index in [9.17, 15) is 4.79 Å². The molecular formula is C15H13BCl2N4O+. The van der Waals surface area contributed by atoms with Gasteiger partial charge in [0.2, 0.25) is 0 Å². The Labute approximate surface area is 145 Å². The summed E-state index contributed by atoms with van der Waals surface area (Å²) in [6.07, 6.45) is 3.25. The molecule has 0 aliphatic heterocycles. The van der Waals surface area contributed by atoms with E-state index in [1.54, 1.807) is 41.1 Å². The number of rotatable bonds is 5. The van der Waals surface area contributed by atoms with Crippen molar-refractivity contribution in [3.63, 3.8) is 0 Å². The Morgan fingerprint density at radius 1 is 1.26 bits per heavy atom. The normalized spacial score (nSPS) is 11.4. The first-order chi connectivity index (χ1) is 11.0. The van der Waals surface area contributed by atoms with Gasteiger partial charge >= 0.3 is 7.41 Å². The predicted molar refractivity (Wildman–Crippen MR) is 88.9 cm³/mol. The third-order valence-corrected chi connectivity index (χ3v) is 3.91. The minimum absolute atomic E-state index is 0.144. The van der Waals surface area contributed by atoms with Crippen LogP contribution < -0.4 is 15.3 Å². The van der Waals surface area contributed by atoms with Gasteiger partial charge in [-0.3, -0.25) is 14.7 Å². The van der Waals surface area contributed by atoms with Crippen LogP contribution in [0.1, 0.15) is 28.9 Å². The standard InChI is InChI=1S/C15H13BCl2N4O/c1-10(12-2-3-13(17)14(18)8-12)20-21-15(23)11-4-6-22(7-5-11)16-9-19/h2-8,10,20H,1H3,(H,21,23)/q+1. The van der Waals surface area contributed by atoms with Gasteiger partial charge in [-0.1, -0.05) is 29.3 Å². The molecule has 0 fully saturated rings. The average Bonchev–Trinajstić information content (AvgIpc) is 2.56. The molecule has 0 aliphatic rings. The number of carbonyl (C=O) groups excluding carboxylic acids is 1. The molecule has 0 aliphatic carbocycles. The van der Waals surface area contributed by atoms with Crippen LogP contribution in [0.5, 0.6) is 0 Å². The molecule has 0 spiro atoms. The van der Waals surface area contributed by atoms with Gasteiger partial charge in [0.25, 0.3) is 5.91 Å². The lowest BCUT2D eigenvalue weighted by atomic mass is 9.98. The highest BCUT2D eigenvalue weighted by Crippen LogP contribution is 2.25. The first-order valence-electron chi connectivity index (χ1n) is 6.76. The van der Waals surface area contributed by atoms with E-state index in [2.05, 4.69) is 10.9 Å². The summed E-state index contributed by atoms with van der Waals surface area (Å²) in [4.78, 5) is 12.1. The lowest BCUT2D eigenvalue weighted by Gasteiger charge is -2.15. The Balaban J connectivity index is 1.95. The van der Waals surface area contributed by atoms with E-state index >= 15 is 0 Å². The number of nitriles is 1. The van der Waals surface area contributed by atoms with Crippen LogP contribution in [0.2, 0.25) is 10.0 Å². The summed E-state index contributed by atoms with van der Waals surface area (Å²) < 4.78 is 1.56. The van der Waals surface area contributed by atoms with Crippen molar-refractivity contribution in [3.8, 4) is 5.97 Å². The quantitative estimate of drug-likeness (QED) is 0.644. The number of benzene rings is 1. The highest BCUT2D eigenvalue weighted by atomic mass is 35.5. The van der Waals surface area contributed by atoms with Gasteiger partial charge in [0.05, 0.1) is 15.6 Å². The molecule has 115 valence electrons. The number of nitrogens with one attached hydrogen (secondary N) is 2. The van der Waals surface area contributed by atoms with Crippen molar-refractivity contribution in [2.45, 2.75) is 13.0 Å². The Hall–Kier alpha value is -2.07. The van der Waals surface area contributed by atoms with Crippen molar-refractivity contribution in [2.75, 3.05) is 0 Å². The Morgan fingerprint density at radius 2 is 1.96 bits per heavy atom. The summed E-state index contributed by atoms with van der Waals surface area (Å²) in [5.74, 6) is 1.63. The minimum Gasteiger partial charge on any atom is -0.287 e. The molecule has 0 saturated heterocycles. The second kappa shape index (κ2) is 7.98. The fraction of sp³-hybridized carbons (Fsp3) is 0.133. The number of aromatic nitrogens is 1. The molecule has 2 aromatic rings. The van der Waals surface area contributed by atoms with Crippen molar-refractivity contribution in [1.29, 1.82) is 5.26 Å². The van der Waals surface area contributed by atoms with Gasteiger partial charge < -0.3 is 0 Å². The molecule has 1 unspecified atom stereocenters. The number of amides is 1. The van der Waals surface area contributed by atoms with Gasteiger partial charge in [-0.2, -0.15) is 0 Å². The van der Waals surface area contributed by atoms with E-state index in [4.69, 9.17) is 28.5 Å². The van der Waals surface area contributed by atoms with E-state index in [-0.39, 0.29) is 11.9 Å². The summed E-state index contributed by atoms with van der Waals surface area (Å²) in [5, 5.41) is 9.50. The summed E-state index contributed by atoms with van der Waals surface area (Å²) in [5.41, 5.74) is 6.92. The molecular weight excluding hydrogens is 334 g/mol. The number of hydrazine groups is 1. The van der Waals surface area contributed by atoms with Crippen LogP contribution >= 0.6 is 23.2 Å². The number of hydrogen-bond acceptors (Lipinski definition) is 3. The van der Waals surface area contributed by atoms with Crippen LogP contribution in [0.15, 0.2) is 42.7 Å². The zero-order valence-electron chi connectivity index (χ0n) is 12.3.